The van der Waals surface area contributed by atoms with Crippen molar-refractivity contribution in [3.63, 3.8) is 0 Å². The number of β-lactam (4-membered cyclic amide) rings is 1. The summed E-state index contributed by atoms with van der Waals surface area (Å²) < 4.78 is 18.4. The topological polar surface area (TPSA) is 77.1 Å². The van der Waals surface area contributed by atoms with E-state index in [-0.39, 0.29) is 42.2 Å². The summed E-state index contributed by atoms with van der Waals surface area (Å²) in [7, 11) is 3.04. The molecular formula is C29H40BN2O5PSi. The van der Waals surface area contributed by atoms with Crippen LogP contribution >= 0.6 is 8.96 Å². The number of fused-ring (bicyclic) bond motifs is 2. The van der Waals surface area contributed by atoms with Crippen molar-refractivity contribution in [1.29, 1.82) is 0 Å². The van der Waals surface area contributed by atoms with E-state index >= 15 is 0 Å². The van der Waals surface area contributed by atoms with E-state index in [1.165, 1.54) is 5.56 Å². The Kier molecular flexibility index (Phi) is 9.58. The van der Waals surface area contributed by atoms with Gasteiger partial charge in [0.15, 0.2) is 16.3 Å². The second-order valence-corrected chi connectivity index (χ2v) is 15.9. The Balaban J connectivity index is 1.63. The van der Waals surface area contributed by atoms with Gasteiger partial charge >= 0.3 is 5.97 Å². The van der Waals surface area contributed by atoms with E-state index in [1.807, 2.05) is 25.1 Å². The molecule has 2 aliphatic heterocycles. The third-order valence-electron chi connectivity index (χ3n) is 8.80. The van der Waals surface area contributed by atoms with Crippen LogP contribution in [0.4, 0.5) is 0 Å². The van der Waals surface area contributed by atoms with Crippen LogP contribution in [0.1, 0.15) is 47.1 Å². The average molecular weight is 567 g/mol. The van der Waals surface area contributed by atoms with Gasteiger partial charge in [0, 0.05) is 16.9 Å². The molecule has 0 spiro atoms. The van der Waals surface area contributed by atoms with Gasteiger partial charge in [0.05, 0.1) is 18.1 Å². The predicted molar refractivity (Wildman–Crippen MR) is 160 cm³/mol. The average Bonchev–Trinajstić information content (AvgIpc) is 3.20. The third kappa shape index (κ3) is 5.43. The molecule has 2 heterocycles. The molecule has 2 aromatic rings. The maximum atomic E-state index is 13.6. The van der Waals surface area contributed by atoms with Crippen molar-refractivity contribution in [1.82, 2.24) is 9.90 Å². The highest BCUT2D eigenvalue weighted by Gasteiger charge is 2.61. The van der Waals surface area contributed by atoms with E-state index in [0.717, 1.165) is 46.6 Å². The molecule has 0 saturated carbocycles. The zero-order valence-electron chi connectivity index (χ0n) is 23.9. The lowest BCUT2D eigenvalue weighted by atomic mass is 9.78. The summed E-state index contributed by atoms with van der Waals surface area (Å²) in [5, 5.41) is 2.18. The molecule has 7 nitrogen and oxygen atoms in total. The summed E-state index contributed by atoms with van der Waals surface area (Å²) in [5.41, 5.74) is 2.30. The number of nitrogens with zero attached hydrogens (tertiary/aromatic N) is 1. The molecule has 1 N–H and O–H groups in total. The summed E-state index contributed by atoms with van der Waals surface area (Å²) in [6.07, 6.45) is 0.705. The van der Waals surface area contributed by atoms with E-state index in [9.17, 15) is 9.59 Å². The first-order chi connectivity index (χ1) is 18.8. The van der Waals surface area contributed by atoms with Gasteiger partial charge in [-0.1, -0.05) is 65.0 Å². The van der Waals surface area contributed by atoms with Crippen molar-refractivity contribution in [3.05, 3.63) is 53.2 Å². The Morgan fingerprint density at radius 1 is 1.10 bits per heavy atom. The minimum Gasteiger partial charge on any atom is -0.488 e. The van der Waals surface area contributed by atoms with Crippen LogP contribution < -0.4 is 9.74 Å². The highest BCUT2D eigenvalue weighted by atomic mass is 31.1. The maximum absolute atomic E-state index is 13.6. The van der Waals surface area contributed by atoms with Crippen LogP contribution in [0.2, 0.25) is 18.1 Å². The van der Waals surface area contributed by atoms with Crippen LogP contribution in [-0.4, -0.2) is 51.8 Å². The minimum absolute atomic E-state index is 0.0856. The van der Waals surface area contributed by atoms with Crippen LogP contribution in [0.3, 0.4) is 0 Å². The molecular weight excluding hydrogens is 526 g/mol. The molecule has 39 heavy (non-hydrogen) atoms. The Hall–Kier alpha value is -2.19. The number of carbonyl (C=O) groups is 2. The van der Waals surface area contributed by atoms with Gasteiger partial charge in [0.1, 0.15) is 27.0 Å². The number of amides is 1. The van der Waals surface area contributed by atoms with Crippen molar-refractivity contribution in [2.45, 2.75) is 78.2 Å². The Bertz CT molecular complexity index is 1250. The summed E-state index contributed by atoms with van der Waals surface area (Å²) in [4.78, 5) is 30.8. The van der Waals surface area contributed by atoms with Crippen molar-refractivity contribution in [2.24, 2.45) is 11.8 Å². The number of hydrogen-bond donors (Lipinski definition) is 1. The van der Waals surface area contributed by atoms with Gasteiger partial charge in [-0.2, -0.15) is 0 Å². The largest absolute Gasteiger partial charge is 0.488 e. The van der Waals surface area contributed by atoms with Gasteiger partial charge in [-0.3, -0.25) is 4.79 Å². The van der Waals surface area contributed by atoms with E-state index in [2.05, 4.69) is 57.8 Å². The standard InChI is InChI=1S/C29H40BN2O5PSi/c1-7-20-13-11-15-22-21(20)14-12-16-24(22)35-17-23-18(5)26-25(19(6)37-39(8-2,9-3)10-4)28(33)32(26)27(23)29(34)36-38-31-30/h11-16,18-19,25-26,31,38H,7-10,17H2,1-6H3/t18-,19+,25+,26+/m0/s1. The SMILES string of the molecule is [B]NPOC(=O)C1=C(COc2cccc3c(CC)cccc23)[C@H](C)[C@@H]2[C@@H]([C@@H](C)O[Si](CC)(CC)CC)C(=O)N12. The molecule has 0 bridgehead atoms. The molecule has 10 heteroatoms. The molecule has 5 atom stereocenters. The fourth-order valence-corrected chi connectivity index (χ4v) is 9.52. The second-order valence-electron chi connectivity index (χ2n) is 10.5. The van der Waals surface area contributed by atoms with Crippen molar-refractivity contribution in [3.8, 4) is 5.75 Å². The first-order valence-corrected chi connectivity index (χ1v) is 17.5. The quantitative estimate of drug-likeness (QED) is 0.192. The highest BCUT2D eigenvalue weighted by Crippen LogP contribution is 2.49. The van der Waals surface area contributed by atoms with Gasteiger partial charge in [0.2, 0.25) is 5.91 Å². The molecule has 1 amide bonds. The smallest absolute Gasteiger partial charge is 0.358 e. The molecule has 1 saturated heterocycles. The molecule has 1 fully saturated rings. The summed E-state index contributed by atoms with van der Waals surface area (Å²) in [6.45, 7) is 13.0. The summed E-state index contributed by atoms with van der Waals surface area (Å²) in [5.74, 6) is -0.298. The third-order valence-corrected chi connectivity index (χ3v) is 13.9. The van der Waals surface area contributed by atoms with E-state index < -0.39 is 23.2 Å². The lowest BCUT2D eigenvalue weighted by Crippen LogP contribution is -2.65. The number of carbonyl (C=O) groups excluding carboxylic acids is 2. The monoisotopic (exact) mass is 566 g/mol. The van der Waals surface area contributed by atoms with Gasteiger partial charge in [0.25, 0.3) is 0 Å². The number of benzene rings is 2. The predicted octanol–water partition coefficient (Wildman–Crippen LogP) is 5.65. The van der Waals surface area contributed by atoms with Crippen LogP contribution in [0, 0.1) is 11.8 Å². The Morgan fingerprint density at radius 2 is 1.77 bits per heavy atom. The van der Waals surface area contributed by atoms with Crippen LogP contribution in [0.25, 0.3) is 10.8 Å². The Morgan fingerprint density at radius 3 is 2.41 bits per heavy atom. The lowest BCUT2D eigenvalue weighted by Gasteiger charge is -2.49. The van der Waals surface area contributed by atoms with E-state index in [1.54, 1.807) is 4.90 Å². The molecule has 2 radical (unpaired) electrons. The number of hydrogen-bond acceptors (Lipinski definition) is 6. The molecule has 2 aromatic carbocycles. The van der Waals surface area contributed by atoms with Gasteiger partial charge < -0.3 is 23.6 Å². The lowest BCUT2D eigenvalue weighted by molar-refractivity contribution is -0.161. The van der Waals surface area contributed by atoms with Crippen LogP contribution in [0.5, 0.6) is 5.75 Å². The summed E-state index contributed by atoms with van der Waals surface area (Å²) in [6, 6.07) is 15.1. The first kappa shape index (κ1) is 29.8. The molecule has 4 rings (SSSR count). The highest BCUT2D eigenvalue weighted by molar-refractivity contribution is 7.32. The zero-order valence-corrected chi connectivity index (χ0v) is 25.9. The van der Waals surface area contributed by atoms with Crippen molar-refractivity contribution < 1.29 is 23.3 Å². The van der Waals surface area contributed by atoms with Crippen LogP contribution in [-0.2, 0) is 25.0 Å². The van der Waals surface area contributed by atoms with Gasteiger partial charge in [-0.25, -0.2) is 4.79 Å². The normalized spacial score (nSPS) is 21.9. The number of aryl methyl sites for hydroxylation is 1. The second kappa shape index (κ2) is 12.5. The van der Waals surface area contributed by atoms with Crippen molar-refractivity contribution in [2.75, 3.05) is 6.61 Å². The van der Waals surface area contributed by atoms with Gasteiger partial charge in [-0.05, 0) is 48.5 Å². The fourth-order valence-electron chi connectivity index (χ4n) is 6.34. The van der Waals surface area contributed by atoms with E-state index in [4.69, 9.17) is 21.7 Å². The molecule has 208 valence electrons. The summed E-state index contributed by atoms with van der Waals surface area (Å²) >= 11 is 0. The van der Waals surface area contributed by atoms with E-state index in [0.29, 0.717) is 0 Å². The fraction of sp³-hybridized carbons (Fsp3) is 0.517. The first-order valence-electron chi connectivity index (χ1n) is 14.1. The number of nitrogens with one attached hydrogen (secondary N) is 1. The Labute approximate surface area is 236 Å². The maximum Gasteiger partial charge on any atom is 0.358 e. The number of rotatable bonds is 13. The molecule has 0 aliphatic carbocycles. The van der Waals surface area contributed by atoms with Crippen molar-refractivity contribution >= 4 is 47.9 Å². The molecule has 1 unspecified atom stereocenters. The number of ether oxygens (including phenoxy) is 1. The molecule has 2 aliphatic rings. The minimum atomic E-state index is -1.91. The van der Waals surface area contributed by atoms with Crippen LogP contribution in [0.15, 0.2) is 47.7 Å². The van der Waals surface area contributed by atoms with Gasteiger partial charge in [-0.15, -0.1) is 0 Å². The zero-order chi connectivity index (χ0) is 28.3. The molecule has 0 aromatic heterocycles.